The van der Waals surface area contributed by atoms with Crippen LogP contribution in [0.5, 0.6) is 5.75 Å². The van der Waals surface area contributed by atoms with Crippen LogP contribution in [0.4, 0.5) is 11.4 Å². The monoisotopic (exact) mass is 311 g/mol. The summed E-state index contributed by atoms with van der Waals surface area (Å²) in [6.45, 7) is 2.97. The first-order valence-electron chi connectivity index (χ1n) is 7.40. The van der Waals surface area contributed by atoms with E-state index in [0.717, 1.165) is 31.6 Å². The Hall–Kier alpha value is -1.38. The highest BCUT2D eigenvalue weighted by atomic mass is 16.8. The van der Waals surface area contributed by atoms with Gasteiger partial charge in [-0.15, -0.1) is 0 Å². The summed E-state index contributed by atoms with van der Waals surface area (Å²) in [6.07, 6.45) is 2.14. The number of methoxy groups -OCH3 is 2. The SMILES string of the molecule is COCCOC1CCN(c2ccc([NH+]([O-])[O-])c(OC)c2)CC1. The van der Waals surface area contributed by atoms with Crippen molar-refractivity contribution >= 4 is 11.4 Å². The quantitative estimate of drug-likeness (QED) is 0.593. The fourth-order valence-corrected chi connectivity index (χ4v) is 2.62. The van der Waals surface area contributed by atoms with E-state index in [2.05, 4.69) is 4.90 Å². The number of rotatable bonds is 7. The van der Waals surface area contributed by atoms with Crippen LogP contribution in [0.25, 0.3) is 0 Å². The normalized spacial score (nSPS) is 16.3. The van der Waals surface area contributed by atoms with E-state index in [1.165, 1.54) is 13.2 Å². The van der Waals surface area contributed by atoms with Crippen LogP contribution in [0.3, 0.4) is 0 Å². The summed E-state index contributed by atoms with van der Waals surface area (Å²) in [6, 6.07) is 5.07. The van der Waals surface area contributed by atoms with Crippen LogP contribution < -0.4 is 14.9 Å². The van der Waals surface area contributed by atoms with Crippen molar-refractivity contribution in [3.63, 3.8) is 0 Å². The first kappa shape index (κ1) is 17.0. The summed E-state index contributed by atoms with van der Waals surface area (Å²) in [4.78, 5) is 2.21. The lowest BCUT2D eigenvalue weighted by Gasteiger charge is -2.34. The van der Waals surface area contributed by atoms with Crippen LogP contribution in [-0.2, 0) is 9.47 Å². The van der Waals surface area contributed by atoms with Crippen LogP contribution >= 0.6 is 0 Å². The van der Waals surface area contributed by atoms with Gasteiger partial charge in [0.05, 0.1) is 26.4 Å². The Morgan fingerprint density at radius 3 is 2.50 bits per heavy atom. The number of nitrogens with one attached hydrogen (secondary N) is 1. The lowest BCUT2D eigenvalue weighted by Crippen LogP contribution is -2.96. The van der Waals surface area contributed by atoms with E-state index in [-0.39, 0.29) is 11.8 Å². The Labute approximate surface area is 130 Å². The van der Waals surface area contributed by atoms with E-state index in [1.54, 1.807) is 19.2 Å². The number of hydrogen-bond acceptors (Lipinski definition) is 6. The Morgan fingerprint density at radius 2 is 1.91 bits per heavy atom. The van der Waals surface area contributed by atoms with E-state index in [4.69, 9.17) is 14.2 Å². The molecule has 0 amide bonds. The molecule has 2 rings (SSSR count). The predicted molar refractivity (Wildman–Crippen MR) is 83.4 cm³/mol. The molecular weight excluding hydrogens is 288 g/mol. The van der Waals surface area contributed by atoms with Crippen molar-refractivity contribution in [3.05, 3.63) is 28.6 Å². The molecule has 0 saturated carbocycles. The maximum Gasteiger partial charge on any atom is 0.182 e. The average molecular weight is 311 g/mol. The minimum absolute atomic E-state index is 0.0732. The Kier molecular flexibility index (Phi) is 6.41. The van der Waals surface area contributed by atoms with E-state index >= 15 is 0 Å². The molecule has 1 heterocycles. The molecule has 0 spiro atoms. The van der Waals surface area contributed by atoms with Crippen molar-refractivity contribution in [3.8, 4) is 5.75 Å². The molecule has 0 aliphatic carbocycles. The van der Waals surface area contributed by atoms with Crippen molar-refractivity contribution < 1.29 is 19.4 Å². The van der Waals surface area contributed by atoms with Crippen LogP contribution in [0, 0.1) is 10.4 Å². The van der Waals surface area contributed by atoms with Gasteiger partial charge in [0.25, 0.3) is 0 Å². The standard InChI is InChI=1S/C15H23N2O5/c1-20-9-10-22-13-5-7-16(8-6-13)12-3-4-14(17(18)19)15(11-12)21-2/h3-4,11,13,17H,5-10H2,1-2H3/q-1. The van der Waals surface area contributed by atoms with Gasteiger partial charge < -0.3 is 34.8 Å². The lowest BCUT2D eigenvalue weighted by molar-refractivity contribution is -0.715. The number of anilines is 1. The molecule has 1 aliphatic rings. The summed E-state index contributed by atoms with van der Waals surface area (Å²) in [7, 11) is 3.12. The molecule has 7 heteroatoms. The highest BCUT2D eigenvalue weighted by Gasteiger charge is 2.21. The maximum atomic E-state index is 11.0. The lowest BCUT2D eigenvalue weighted by atomic mass is 10.1. The van der Waals surface area contributed by atoms with Crippen molar-refractivity contribution in [2.75, 3.05) is 45.4 Å². The second kappa shape index (κ2) is 8.30. The van der Waals surface area contributed by atoms with Gasteiger partial charge in [-0.3, -0.25) is 0 Å². The van der Waals surface area contributed by atoms with Gasteiger partial charge in [0.2, 0.25) is 0 Å². The molecule has 22 heavy (non-hydrogen) atoms. The van der Waals surface area contributed by atoms with Crippen molar-refractivity contribution in [2.24, 2.45) is 0 Å². The number of piperidine rings is 1. The molecule has 7 nitrogen and oxygen atoms in total. The highest BCUT2D eigenvalue weighted by Crippen LogP contribution is 2.29. The zero-order valence-electron chi connectivity index (χ0n) is 13.0. The minimum Gasteiger partial charge on any atom is -0.628 e. The summed E-state index contributed by atoms with van der Waals surface area (Å²) in [5, 5.41) is 20.8. The summed E-state index contributed by atoms with van der Waals surface area (Å²) >= 11 is 0. The van der Waals surface area contributed by atoms with Crippen molar-refractivity contribution in [1.29, 1.82) is 0 Å². The van der Waals surface area contributed by atoms with Crippen molar-refractivity contribution in [1.82, 2.24) is 0 Å². The summed E-state index contributed by atoms with van der Waals surface area (Å²) < 4.78 is 15.9. The van der Waals surface area contributed by atoms with E-state index in [9.17, 15) is 10.4 Å². The summed E-state index contributed by atoms with van der Waals surface area (Å²) in [5.74, 6) is 0.330. The molecule has 1 N–H and O–H groups in total. The smallest absolute Gasteiger partial charge is 0.182 e. The first-order chi connectivity index (χ1) is 10.7. The third kappa shape index (κ3) is 4.31. The van der Waals surface area contributed by atoms with Crippen LogP contribution in [-0.4, -0.2) is 46.6 Å². The van der Waals surface area contributed by atoms with E-state index in [1.807, 2.05) is 0 Å². The minimum atomic E-state index is -1.23. The third-order valence-electron chi connectivity index (χ3n) is 3.85. The van der Waals surface area contributed by atoms with Crippen LogP contribution in [0.15, 0.2) is 18.2 Å². The third-order valence-corrected chi connectivity index (χ3v) is 3.85. The second-order valence-electron chi connectivity index (χ2n) is 5.22. The zero-order valence-corrected chi connectivity index (χ0v) is 13.0. The Morgan fingerprint density at radius 1 is 1.18 bits per heavy atom. The topological polar surface area (TPSA) is 81.5 Å². The number of ether oxygens (including phenoxy) is 3. The van der Waals surface area contributed by atoms with E-state index < -0.39 is 5.23 Å². The molecule has 1 aromatic rings. The molecule has 1 aromatic carbocycles. The molecule has 0 atom stereocenters. The number of benzene rings is 1. The predicted octanol–water partition coefficient (Wildman–Crippen LogP) is 0.839. The van der Waals surface area contributed by atoms with E-state index in [0.29, 0.717) is 19.0 Å². The fraction of sp³-hybridized carbons (Fsp3) is 0.600. The van der Waals surface area contributed by atoms with Gasteiger partial charge in [-0.05, 0) is 18.9 Å². The van der Waals surface area contributed by atoms with Gasteiger partial charge in [0.1, 0.15) is 0 Å². The molecule has 124 valence electrons. The molecule has 0 aromatic heterocycles. The number of nitrogens with zero attached hydrogens (tertiary/aromatic N) is 1. The average Bonchev–Trinajstić information content (AvgIpc) is 2.55. The van der Waals surface area contributed by atoms with Gasteiger partial charge in [-0.25, -0.2) is 0 Å². The fourth-order valence-electron chi connectivity index (χ4n) is 2.62. The molecular formula is C15H23N2O5-. The Bertz CT molecular complexity index is 461. The first-order valence-corrected chi connectivity index (χ1v) is 7.40. The van der Waals surface area contributed by atoms with Gasteiger partial charge in [-0.2, -0.15) is 0 Å². The molecule has 1 aliphatic heterocycles. The number of hydrogen-bond donors (Lipinski definition) is 1. The molecule has 0 bridgehead atoms. The van der Waals surface area contributed by atoms with Gasteiger partial charge in [0.15, 0.2) is 11.4 Å². The van der Waals surface area contributed by atoms with Gasteiger partial charge in [0, 0.05) is 38.0 Å². The highest BCUT2D eigenvalue weighted by molar-refractivity contribution is 5.59. The molecule has 0 unspecified atom stereocenters. The summed E-state index contributed by atoms with van der Waals surface area (Å²) in [5.41, 5.74) is 1.03. The second-order valence-corrected chi connectivity index (χ2v) is 5.22. The van der Waals surface area contributed by atoms with Crippen LogP contribution in [0.1, 0.15) is 12.8 Å². The molecule has 1 saturated heterocycles. The molecule has 0 radical (unpaired) electrons. The largest absolute Gasteiger partial charge is 0.628 e. The molecule has 1 fully saturated rings. The maximum absolute atomic E-state index is 11.0. The van der Waals surface area contributed by atoms with Crippen molar-refractivity contribution in [2.45, 2.75) is 18.9 Å². The van der Waals surface area contributed by atoms with Gasteiger partial charge >= 0.3 is 0 Å². The zero-order chi connectivity index (χ0) is 15.9. The Balaban J connectivity index is 1.93. The van der Waals surface area contributed by atoms with Gasteiger partial charge in [-0.1, -0.05) is 0 Å². The van der Waals surface area contributed by atoms with Crippen LogP contribution in [0.2, 0.25) is 0 Å². The number of quaternary nitrogens is 1.